The molecule has 0 saturated carbocycles. The van der Waals surface area contributed by atoms with Crippen LogP contribution in [-0.2, 0) is 0 Å². The van der Waals surface area contributed by atoms with Crippen LogP contribution < -0.4 is 0 Å². The van der Waals surface area contributed by atoms with E-state index in [-0.39, 0.29) is 0 Å². The zero-order chi connectivity index (χ0) is 15.3. The van der Waals surface area contributed by atoms with Crippen molar-refractivity contribution in [1.82, 2.24) is 9.97 Å². The largest absolute Gasteiger partial charge is 0.455 e. The van der Waals surface area contributed by atoms with E-state index >= 15 is 0 Å². The van der Waals surface area contributed by atoms with Gasteiger partial charge in [-0.15, -0.1) is 0 Å². The smallest absolute Gasteiger partial charge is 0.166 e. The second-order valence-corrected chi connectivity index (χ2v) is 7.21. The van der Waals surface area contributed by atoms with Crippen LogP contribution in [0.4, 0.5) is 0 Å². The molecule has 22 heavy (non-hydrogen) atoms. The van der Waals surface area contributed by atoms with E-state index in [0.29, 0.717) is 15.0 Å². The molecule has 0 amide bonds. The van der Waals surface area contributed by atoms with E-state index in [0.717, 1.165) is 32.0 Å². The van der Waals surface area contributed by atoms with Crippen molar-refractivity contribution in [1.29, 1.82) is 0 Å². The fourth-order valence-electron chi connectivity index (χ4n) is 2.48. The molecule has 2 aromatic heterocycles. The molecule has 0 aliphatic rings. The molecule has 2 heterocycles. The summed E-state index contributed by atoms with van der Waals surface area (Å²) >= 11 is 10.4. The number of nitrogens with zero attached hydrogens (tertiary/aromatic N) is 2. The van der Waals surface area contributed by atoms with Gasteiger partial charge in [0.1, 0.15) is 20.4 Å². The first-order valence-electron chi connectivity index (χ1n) is 6.44. The molecule has 2 aromatic carbocycles. The Labute approximate surface area is 151 Å². The van der Waals surface area contributed by atoms with Crippen molar-refractivity contribution < 1.29 is 4.42 Å². The third-order valence-electron chi connectivity index (χ3n) is 3.38. The van der Waals surface area contributed by atoms with Gasteiger partial charge in [0.05, 0.1) is 5.56 Å². The standard InChI is InChI=1S/C16H7Br3N2O/c17-10-6-5-9-8-3-1-2-4-11(8)22-15(9)14(10)16-20-12(18)7-13(19)21-16/h1-7H. The third-order valence-corrected chi connectivity index (χ3v) is 4.86. The molecule has 4 aromatic rings. The van der Waals surface area contributed by atoms with Gasteiger partial charge in [-0.3, -0.25) is 0 Å². The lowest BCUT2D eigenvalue weighted by molar-refractivity contribution is 0.669. The minimum atomic E-state index is 0.595. The van der Waals surface area contributed by atoms with E-state index in [1.807, 2.05) is 30.3 Å². The van der Waals surface area contributed by atoms with Crippen LogP contribution in [0.3, 0.4) is 0 Å². The Hall–Kier alpha value is -1.24. The van der Waals surface area contributed by atoms with Gasteiger partial charge in [-0.25, -0.2) is 9.97 Å². The first-order chi connectivity index (χ1) is 10.6. The van der Waals surface area contributed by atoms with Gasteiger partial charge in [0.25, 0.3) is 0 Å². The fraction of sp³-hybridized carbons (Fsp3) is 0. The Morgan fingerprint density at radius 1 is 0.818 bits per heavy atom. The molecule has 0 N–H and O–H groups in total. The third kappa shape index (κ3) is 2.30. The van der Waals surface area contributed by atoms with Crippen molar-refractivity contribution in [2.75, 3.05) is 0 Å². The van der Waals surface area contributed by atoms with Crippen LogP contribution in [0.2, 0.25) is 0 Å². The monoisotopic (exact) mass is 480 g/mol. The summed E-state index contributed by atoms with van der Waals surface area (Å²) in [7, 11) is 0. The fourth-order valence-corrected chi connectivity index (χ4v) is 4.04. The van der Waals surface area contributed by atoms with Crippen LogP contribution in [0.5, 0.6) is 0 Å². The highest BCUT2D eigenvalue weighted by atomic mass is 79.9. The van der Waals surface area contributed by atoms with Gasteiger partial charge in [-0.05, 0) is 66.0 Å². The number of hydrogen-bond acceptors (Lipinski definition) is 3. The van der Waals surface area contributed by atoms with Gasteiger partial charge in [0, 0.05) is 21.3 Å². The van der Waals surface area contributed by atoms with Gasteiger partial charge < -0.3 is 4.42 Å². The first kappa shape index (κ1) is 14.4. The molecule has 0 aliphatic carbocycles. The second kappa shape index (κ2) is 5.44. The molecule has 0 spiro atoms. The molecule has 0 atom stereocenters. The van der Waals surface area contributed by atoms with Crippen molar-refractivity contribution in [3.05, 3.63) is 56.1 Å². The molecule has 108 valence electrons. The molecule has 0 radical (unpaired) electrons. The predicted molar refractivity (Wildman–Crippen MR) is 97.8 cm³/mol. The van der Waals surface area contributed by atoms with Crippen LogP contribution in [-0.4, -0.2) is 9.97 Å². The molecule has 4 rings (SSSR count). The summed E-state index contributed by atoms with van der Waals surface area (Å²) in [6.07, 6.45) is 0. The molecule has 3 nitrogen and oxygen atoms in total. The SMILES string of the molecule is Brc1cc(Br)nc(-c2c(Br)ccc3c2oc2ccccc23)n1. The highest BCUT2D eigenvalue weighted by molar-refractivity contribution is 9.11. The zero-order valence-corrected chi connectivity index (χ0v) is 15.7. The quantitative estimate of drug-likeness (QED) is 0.297. The lowest BCUT2D eigenvalue weighted by Gasteiger charge is -2.05. The van der Waals surface area contributed by atoms with Crippen molar-refractivity contribution in [3.8, 4) is 11.4 Å². The number of furan rings is 1. The van der Waals surface area contributed by atoms with E-state index in [1.165, 1.54) is 0 Å². The first-order valence-corrected chi connectivity index (χ1v) is 8.81. The maximum absolute atomic E-state index is 6.06. The number of benzene rings is 2. The highest BCUT2D eigenvalue weighted by Gasteiger charge is 2.17. The number of para-hydroxylation sites is 1. The Morgan fingerprint density at radius 3 is 2.32 bits per heavy atom. The average Bonchev–Trinajstić information content (AvgIpc) is 2.84. The maximum atomic E-state index is 6.06. The number of fused-ring (bicyclic) bond motifs is 3. The molecule has 6 heteroatoms. The molecule has 0 unspecified atom stereocenters. The maximum Gasteiger partial charge on any atom is 0.166 e. The van der Waals surface area contributed by atoms with Crippen molar-refractivity contribution in [3.63, 3.8) is 0 Å². The molecule has 0 aliphatic heterocycles. The topological polar surface area (TPSA) is 38.9 Å². The van der Waals surface area contributed by atoms with Crippen LogP contribution >= 0.6 is 47.8 Å². The molecule has 0 fully saturated rings. The van der Waals surface area contributed by atoms with Crippen LogP contribution in [0.1, 0.15) is 0 Å². The summed E-state index contributed by atoms with van der Waals surface area (Å²) in [5.74, 6) is 0.595. The highest BCUT2D eigenvalue weighted by Crippen LogP contribution is 2.39. The van der Waals surface area contributed by atoms with E-state index < -0.39 is 0 Å². The van der Waals surface area contributed by atoms with Gasteiger partial charge in [0.2, 0.25) is 0 Å². The summed E-state index contributed by atoms with van der Waals surface area (Å²) in [6.45, 7) is 0. The summed E-state index contributed by atoms with van der Waals surface area (Å²) in [6, 6.07) is 13.8. The number of aromatic nitrogens is 2. The predicted octanol–water partition coefficient (Wildman–Crippen LogP) is 6.33. The second-order valence-electron chi connectivity index (χ2n) is 4.73. The van der Waals surface area contributed by atoms with E-state index in [2.05, 4.69) is 63.8 Å². The van der Waals surface area contributed by atoms with Crippen LogP contribution in [0, 0.1) is 0 Å². The minimum absolute atomic E-state index is 0.595. The molecule has 0 bridgehead atoms. The van der Waals surface area contributed by atoms with Gasteiger partial charge in [0.15, 0.2) is 5.82 Å². The number of halogens is 3. The van der Waals surface area contributed by atoms with Gasteiger partial charge >= 0.3 is 0 Å². The van der Waals surface area contributed by atoms with E-state index in [1.54, 1.807) is 6.07 Å². The van der Waals surface area contributed by atoms with Crippen molar-refractivity contribution in [2.45, 2.75) is 0 Å². The number of rotatable bonds is 1. The normalized spacial score (nSPS) is 11.4. The molecule has 0 saturated heterocycles. The summed E-state index contributed by atoms with van der Waals surface area (Å²) < 4.78 is 8.38. The van der Waals surface area contributed by atoms with E-state index in [9.17, 15) is 0 Å². The minimum Gasteiger partial charge on any atom is -0.455 e. The van der Waals surface area contributed by atoms with Gasteiger partial charge in [-0.2, -0.15) is 0 Å². The Morgan fingerprint density at radius 2 is 1.55 bits per heavy atom. The lowest BCUT2D eigenvalue weighted by Crippen LogP contribution is -1.92. The Balaban J connectivity index is 2.14. The van der Waals surface area contributed by atoms with E-state index in [4.69, 9.17) is 4.42 Å². The average molecular weight is 483 g/mol. The van der Waals surface area contributed by atoms with Gasteiger partial charge in [-0.1, -0.05) is 18.2 Å². The Bertz CT molecular complexity index is 1010. The molecular weight excluding hydrogens is 476 g/mol. The Kier molecular flexibility index (Phi) is 3.55. The van der Waals surface area contributed by atoms with Crippen LogP contribution in [0.15, 0.2) is 60.6 Å². The van der Waals surface area contributed by atoms with Crippen molar-refractivity contribution >= 4 is 69.7 Å². The number of hydrogen-bond donors (Lipinski definition) is 0. The summed E-state index contributed by atoms with van der Waals surface area (Å²) in [5, 5.41) is 2.13. The zero-order valence-electron chi connectivity index (χ0n) is 11.0. The summed E-state index contributed by atoms with van der Waals surface area (Å²) in [4.78, 5) is 8.94. The van der Waals surface area contributed by atoms with Crippen LogP contribution in [0.25, 0.3) is 33.3 Å². The summed E-state index contributed by atoms with van der Waals surface area (Å²) in [5.41, 5.74) is 2.47. The van der Waals surface area contributed by atoms with Crippen molar-refractivity contribution in [2.24, 2.45) is 0 Å². The lowest BCUT2D eigenvalue weighted by atomic mass is 10.1. The molecular formula is C16H7Br3N2O.